The molecule has 0 aliphatic rings. The minimum absolute atomic E-state index is 0.0567. The van der Waals surface area contributed by atoms with Crippen molar-refractivity contribution in [1.29, 1.82) is 0 Å². The second-order valence-electron chi connectivity index (χ2n) is 1.45. The molecule has 4 nitrogen and oxygen atoms in total. The number of rotatable bonds is 1. The molecule has 0 aromatic rings. The van der Waals surface area contributed by atoms with E-state index in [0.29, 0.717) is 0 Å². The molecule has 56 valence electrons. The summed E-state index contributed by atoms with van der Waals surface area (Å²) in [7, 11) is 0. The number of imide groups is 1. The first-order valence-corrected chi connectivity index (χ1v) is 2.88. The Labute approximate surface area is 63.0 Å². The standard InChI is InChI=1S/C5H7ClN2O2/c1-2-3(6)4(9)8-5(7)10/h2H,1H3,(H3,7,8,9,10)/b3-2+. The third-order valence-electron chi connectivity index (χ3n) is 0.707. The van der Waals surface area contributed by atoms with E-state index in [9.17, 15) is 9.59 Å². The van der Waals surface area contributed by atoms with Crippen molar-refractivity contribution in [2.45, 2.75) is 6.92 Å². The van der Waals surface area contributed by atoms with Crippen LogP contribution in [0.15, 0.2) is 11.1 Å². The van der Waals surface area contributed by atoms with E-state index < -0.39 is 11.9 Å². The molecule has 0 aliphatic heterocycles. The van der Waals surface area contributed by atoms with Gasteiger partial charge in [0.1, 0.15) is 5.03 Å². The van der Waals surface area contributed by atoms with Crippen LogP contribution in [0.2, 0.25) is 0 Å². The first kappa shape index (κ1) is 8.97. The molecule has 5 heteroatoms. The monoisotopic (exact) mass is 162 g/mol. The molecular weight excluding hydrogens is 156 g/mol. The molecular formula is C5H7ClN2O2. The van der Waals surface area contributed by atoms with Gasteiger partial charge in [-0.3, -0.25) is 10.1 Å². The third-order valence-corrected chi connectivity index (χ3v) is 1.10. The molecule has 0 aliphatic carbocycles. The topological polar surface area (TPSA) is 72.2 Å². The van der Waals surface area contributed by atoms with Gasteiger partial charge in [-0.2, -0.15) is 0 Å². The minimum atomic E-state index is -0.912. The first-order valence-electron chi connectivity index (χ1n) is 2.50. The fourth-order valence-electron chi connectivity index (χ4n) is 0.303. The van der Waals surface area contributed by atoms with Crippen LogP contribution in [-0.2, 0) is 4.79 Å². The van der Waals surface area contributed by atoms with Gasteiger partial charge in [0.05, 0.1) is 0 Å². The lowest BCUT2D eigenvalue weighted by Crippen LogP contribution is -2.34. The maximum Gasteiger partial charge on any atom is 0.319 e. The predicted octanol–water partition coefficient (Wildman–Crippen LogP) is 0.324. The summed E-state index contributed by atoms with van der Waals surface area (Å²) in [5.74, 6) is -0.684. The number of halogens is 1. The molecule has 0 fully saturated rings. The number of allylic oxidation sites excluding steroid dienone is 1. The maximum absolute atomic E-state index is 10.6. The van der Waals surface area contributed by atoms with Gasteiger partial charge in [-0.1, -0.05) is 17.7 Å². The summed E-state index contributed by atoms with van der Waals surface area (Å²) in [5, 5.41) is 1.74. The summed E-state index contributed by atoms with van der Waals surface area (Å²) in [6.45, 7) is 1.57. The van der Waals surface area contributed by atoms with E-state index in [0.717, 1.165) is 0 Å². The zero-order valence-electron chi connectivity index (χ0n) is 5.35. The number of amides is 3. The van der Waals surface area contributed by atoms with Crippen molar-refractivity contribution >= 4 is 23.5 Å². The van der Waals surface area contributed by atoms with E-state index >= 15 is 0 Å². The number of hydrogen-bond donors (Lipinski definition) is 2. The van der Waals surface area contributed by atoms with Crippen molar-refractivity contribution in [1.82, 2.24) is 5.32 Å². The number of primary amides is 1. The molecule has 0 rings (SSSR count). The minimum Gasteiger partial charge on any atom is -0.351 e. The third kappa shape index (κ3) is 3.09. The molecule has 0 heterocycles. The van der Waals surface area contributed by atoms with Crippen LogP contribution in [0.3, 0.4) is 0 Å². The molecule has 0 saturated carbocycles. The summed E-state index contributed by atoms with van der Waals surface area (Å²) in [6, 6.07) is -0.912. The van der Waals surface area contributed by atoms with Gasteiger partial charge >= 0.3 is 6.03 Å². The van der Waals surface area contributed by atoms with Crippen LogP contribution >= 0.6 is 11.6 Å². The van der Waals surface area contributed by atoms with E-state index in [1.54, 1.807) is 12.2 Å². The van der Waals surface area contributed by atoms with Crippen molar-refractivity contribution in [3.05, 3.63) is 11.1 Å². The highest BCUT2D eigenvalue weighted by Crippen LogP contribution is 1.98. The number of carbonyl (C=O) groups is 2. The summed E-state index contributed by atoms with van der Waals surface area (Å²) < 4.78 is 0. The molecule has 0 unspecified atom stereocenters. The van der Waals surface area contributed by atoms with Gasteiger partial charge < -0.3 is 5.73 Å². The Morgan fingerprint density at radius 3 is 2.40 bits per heavy atom. The lowest BCUT2D eigenvalue weighted by atomic mass is 10.5. The lowest BCUT2D eigenvalue weighted by molar-refractivity contribution is -0.115. The van der Waals surface area contributed by atoms with Crippen LogP contribution in [0.1, 0.15) is 6.92 Å². The zero-order chi connectivity index (χ0) is 8.15. The summed E-state index contributed by atoms with van der Waals surface area (Å²) >= 11 is 5.30. The van der Waals surface area contributed by atoms with Crippen LogP contribution in [0, 0.1) is 0 Å². The van der Waals surface area contributed by atoms with E-state index in [1.165, 1.54) is 6.08 Å². The Morgan fingerprint density at radius 2 is 2.10 bits per heavy atom. The Kier molecular flexibility index (Phi) is 3.49. The molecule has 3 amide bonds. The normalized spacial score (nSPS) is 10.8. The highest BCUT2D eigenvalue weighted by Gasteiger charge is 2.05. The average molecular weight is 163 g/mol. The van der Waals surface area contributed by atoms with Gasteiger partial charge in [0.2, 0.25) is 0 Å². The highest BCUT2D eigenvalue weighted by molar-refractivity contribution is 6.42. The molecule has 0 saturated heterocycles. The van der Waals surface area contributed by atoms with Gasteiger partial charge in [-0.25, -0.2) is 4.79 Å². The molecule has 0 aromatic carbocycles. The average Bonchev–Trinajstić information content (AvgIpc) is 1.85. The Morgan fingerprint density at radius 1 is 1.60 bits per heavy atom. The second-order valence-corrected chi connectivity index (χ2v) is 1.86. The van der Waals surface area contributed by atoms with Crippen molar-refractivity contribution in [2.75, 3.05) is 0 Å². The van der Waals surface area contributed by atoms with Gasteiger partial charge in [0, 0.05) is 0 Å². The van der Waals surface area contributed by atoms with Crippen LogP contribution in [0.25, 0.3) is 0 Å². The SMILES string of the molecule is C/C=C(/Cl)C(=O)NC(N)=O. The lowest BCUT2D eigenvalue weighted by Gasteiger charge is -1.95. The van der Waals surface area contributed by atoms with E-state index in [1.807, 2.05) is 0 Å². The fraction of sp³-hybridized carbons (Fsp3) is 0.200. The van der Waals surface area contributed by atoms with Crippen molar-refractivity contribution in [3.8, 4) is 0 Å². The molecule has 10 heavy (non-hydrogen) atoms. The number of hydrogen-bond acceptors (Lipinski definition) is 2. The van der Waals surface area contributed by atoms with Crippen LogP contribution in [0.4, 0.5) is 4.79 Å². The van der Waals surface area contributed by atoms with Gasteiger partial charge in [-0.05, 0) is 6.92 Å². The zero-order valence-corrected chi connectivity index (χ0v) is 6.11. The molecule has 0 radical (unpaired) electrons. The van der Waals surface area contributed by atoms with Gasteiger partial charge in [0.25, 0.3) is 5.91 Å². The molecule has 0 atom stereocenters. The summed E-state index contributed by atoms with van der Waals surface area (Å²) in [5.41, 5.74) is 4.63. The van der Waals surface area contributed by atoms with Gasteiger partial charge in [0.15, 0.2) is 0 Å². The Hall–Kier alpha value is -1.03. The molecule has 0 aromatic heterocycles. The Bertz CT molecular complexity index is 188. The van der Waals surface area contributed by atoms with E-state index in [4.69, 9.17) is 11.6 Å². The largest absolute Gasteiger partial charge is 0.351 e. The maximum atomic E-state index is 10.6. The van der Waals surface area contributed by atoms with E-state index in [-0.39, 0.29) is 5.03 Å². The van der Waals surface area contributed by atoms with E-state index in [2.05, 4.69) is 5.73 Å². The quantitative estimate of drug-likeness (QED) is 0.546. The molecule has 0 bridgehead atoms. The number of urea groups is 1. The number of nitrogens with two attached hydrogens (primary N) is 1. The number of nitrogens with one attached hydrogen (secondary N) is 1. The summed E-state index contributed by atoms with van der Waals surface area (Å²) in [6.07, 6.45) is 1.36. The smallest absolute Gasteiger partial charge is 0.319 e. The Balaban J connectivity index is 3.99. The highest BCUT2D eigenvalue weighted by atomic mass is 35.5. The molecule has 0 spiro atoms. The van der Waals surface area contributed by atoms with Crippen molar-refractivity contribution in [3.63, 3.8) is 0 Å². The van der Waals surface area contributed by atoms with Crippen LogP contribution in [-0.4, -0.2) is 11.9 Å². The van der Waals surface area contributed by atoms with Crippen LogP contribution < -0.4 is 11.1 Å². The van der Waals surface area contributed by atoms with Crippen molar-refractivity contribution < 1.29 is 9.59 Å². The molecule has 3 N–H and O–H groups in total. The summed E-state index contributed by atoms with van der Waals surface area (Å²) in [4.78, 5) is 20.6. The fourth-order valence-corrected chi connectivity index (χ4v) is 0.350. The van der Waals surface area contributed by atoms with Gasteiger partial charge in [-0.15, -0.1) is 0 Å². The number of carbonyl (C=O) groups excluding carboxylic acids is 2. The first-order chi connectivity index (χ1) is 4.57. The van der Waals surface area contributed by atoms with Crippen molar-refractivity contribution in [2.24, 2.45) is 5.73 Å². The van der Waals surface area contributed by atoms with Crippen LogP contribution in [0.5, 0.6) is 0 Å². The predicted molar refractivity (Wildman–Crippen MR) is 37.3 cm³/mol. The second kappa shape index (κ2) is 3.90.